The number of nitrogens with one attached hydrogen (secondary N) is 2. The number of anilines is 2. The first-order valence-corrected chi connectivity index (χ1v) is 8.44. The summed E-state index contributed by atoms with van der Waals surface area (Å²) in [6.45, 7) is 1.77. The van der Waals surface area contributed by atoms with Crippen LogP contribution < -0.4 is 15.5 Å². The lowest BCUT2D eigenvalue weighted by Crippen LogP contribution is -2.34. The van der Waals surface area contributed by atoms with Gasteiger partial charge in [-0.2, -0.15) is 0 Å². The molecule has 1 aromatic heterocycles. The fourth-order valence-corrected chi connectivity index (χ4v) is 2.96. The van der Waals surface area contributed by atoms with Crippen LogP contribution in [0.1, 0.15) is 31.1 Å². The van der Waals surface area contributed by atoms with Gasteiger partial charge in [-0.05, 0) is 49.6 Å². The highest BCUT2D eigenvalue weighted by Gasteiger charge is 2.17. The van der Waals surface area contributed by atoms with Crippen LogP contribution in [0.25, 0.3) is 0 Å². The number of nitrogens with zero attached hydrogens (tertiary/aromatic N) is 1. The summed E-state index contributed by atoms with van der Waals surface area (Å²) < 4.78 is 18.7. The van der Waals surface area contributed by atoms with Crippen LogP contribution in [0.5, 0.6) is 0 Å². The normalized spacial score (nSPS) is 15.7. The Morgan fingerprint density at radius 2 is 2.08 bits per heavy atom. The van der Waals surface area contributed by atoms with Crippen molar-refractivity contribution < 1.29 is 18.7 Å². The number of piperidine rings is 1. The summed E-state index contributed by atoms with van der Waals surface area (Å²) >= 11 is 0. The number of urea groups is 1. The third-order valence-corrected chi connectivity index (χ3v) is 4.23. The maximum Gasteiger partial charge on any atom is 0.319 e. The zero-order valence-corrected chi connectivity index (χ0v) is 13.9. The Bertz CT molecular complexity index is 700. The highest BCUT2D eigenvalue weighted by Crippen LogP contribution is 2.29. The number of benzene rings is 1. The van der Waals surface area contributed by atoms with Gasteiger partial charge in [0.05, 0.1) is 24.2 Å². The van der Waals surface area contributed by atoms with Gasteiger partial charge in [-0.15, -0.1) is 0 Å². The van der Waals surface area contributed by atoms with Crippen molar-refractivity contribution in [3.8, 4) is 0 Å². The zero-order valence-electron chi connectivity index (χ0n) is 13.9. The number of hydrogen-bond acceptors (Lipinski definition) is 4. The summed E-state index contributed by atoms with van der Waals surface area (Å²) in [5, 5.41) is 15.2. The summed E-state index contributed by atoms with van der Waals surface area (Å²) in [7, 11) is 0. The van der Waals surface area contributed by atoms with Gasteiger partial charge in [0.15, 0.2) is 0 Å². The SMILES string of the molecule is O=C(NCC(O)c1ccco1)Nc1cc(F)ccc1N1CCCCC1. The lowest BCUT2D eigenvalue weighted by atomic mass is 10.1. The summed E-state index contributed by atoms with van der Waals surface area (Å²) in [5.41, 5.74) is 1.23. The molecule has 2 aromatic rings. The van der Waals surface area contributed by atoms with E-state index in [0.717, 1.165) is 31.6 Å². The van der Waals surface area contributed by atoms with Crippen LogP contribution in [-0.4, -0.2) is 30.8 Å². The highest BCUT2D eigenvalue weighted by molar-refractivity contribution is 5.93. The molecule has 0 radical (unpaired) electrons. The molecule has 1 aliphatic heterocycles. The van der Waals surface area contributed by atoms with Gasteiger partial charge in [-0.1, -0.05) is 0 Å². The number of carbonyl (C=O) groups is 1. The van der Waals surface area contributed by atoms with Gasteiger partial charge in [0.25, 0.3) is 0 Å². The number of hydrogen-bond donors (Lipinski definition) is 3. The van der Waals surface area contributed by atoms with Gasteiger partial charge < -0.3 is 25.1 Å². The minimum absolute atomic E-state index is 0.00624. The second kappa shape index (κ2) is 8.02. The molecule has 1 aliphatic rings. The largest absolute Gasteiger partial charge is 0.467 e. The predicted octanol–water partition coefficient (Wildman–Crippen LogP) is 3.26. The molecule has 1 aromatic carbocycles. The average Bonchev–Trinajstić information content (AvgIpc) is 3.15. The quantitative estimate of drug-likeness (QED) is 0.776. The fourth-order valence-electron chi connectivity index (χ4n) is 2.96. The van der Waals surface area contributed by atoms with Crippen molar-refractivity contribution in [3.63, 3.8) is 0 Å². The van der Waals surface area contributed by atoms with Crippen molar-refractivity contribution in [1.29, 1.82) is 0 Å². The molecule has 134 valence electrons. The maximum atomic E-state index is 13.6. The number of furan rings is 1. The molecule has 1 atom stereocenters. The number of carbonyl (C=O) groups excluding carboxylic acids is 1. The zero-order chi connectivity index (χ0) is 17.6. The Balaban J connectivity index is 1.62. The Morgan fingerprint density at radius 3 is 2.80 bits per heavy atom. The molecule has 2 heterocycles. The van der Waals surface area contributed by atoms with Gasteiger partial charge in [0.2, 0.25) is 0 Å². The molecule has 0 aliphatic carbocycles. The van der Waals surface area contributed by atoms with Crippen LogP contribution in [0.15, 0.2) is 41.0 Å². The second-order valence-electron chi connectivity index (χ2n) is 6.08. The molecule has 0 bridgehead atoms. The van der Waals surface area contributed by atoms with E-state index in [0.29, 0.717) is 11.4 Å². The number of halogens is 1. The Morgan fingerprint density at radius 1 is 1.28 bits per heavy atom. The lowest BCUT2D eigenvalue weighted by molar-refractivity contribution is 0.149. The Hall–Kier alpha value is -2.54. The van der Waals surface area contributed by atoms with Crippen LogP contribution in [0.4, 0.5) is 20.6 Å². The van der Waals surface area contributed by atoms with Gasteiger partial charge in [-0.3, -0.25) is 0 Å². The Labute approximate surface area is 145 Å². The van der Waals surface area contributed by atoms with Crippen LogP contribution in [0.3, 0.4) is 0 Å². The van der Waals surface area contributed by atoms with Gasteiger partial charge in [0.1, 0.15) is 17.7 Å². The summed E-state index contributed by atoms with van der Waals surface area (Å²) in [5.74, 6) is -0.0354. The first-order chi connectivity index (χ1) is 12.1. The molecular weight excluding hydrogens is 325 g/mol. The van der Waals surface area contributed by atoms with E-state index in [4.69, 9.17) is 4.42 Å². The van der Waals surface area contributed by atoms with Gasteiger partial charge >= 0.3 is 6.03 Å². The molecule has 2 amide bonds. The number of aliphatic hydroxyl groups excluding tert-OH is 1. The summed E-state index contributed by atoms with van der Waals surface area (Å²) in [4.78, 5) is 14.3. The molecule has 7 heteroatoms. The first-order valence-electron chi connectivity index (χ1n) is 8.44. The molecule has 3 N–H and O–H groups in total. The van der Waals surface area contributed by atoms with Crippen molar-refractivity contribution in [2.45, 2.75) is 25.4 Å². The van der Waals surface area contributed by atoms with Crippen molar-refractivity contribution in [1.82, 2.24) is 5.32 Å². The molecule has 25 heavy (non-hydrogen) atoms. The van der Waals surface area contributed by atoms with Crippen LogP contribution in [0, 0.1) is 5.82 Å². The van der Waals surface area contributed by atoms with E-state index in [1.54, 1.807) is 18.2 Å². The topological polar surface area (TPSA) is 77.7 Å². The molecule has 6 nitrogen and oxygen atoms in total. The smallest absolute Gasteiger partial charge is 0.319 e. The second-order valence-corrected chi connectivity index (χ2v) is 6.08. The van der Waals surface area contributed by atoms with Gasteiger partial charge in [-0.25, -0.2) is 9.18 Å². The van der Waals surface area contributed by atoms with E-state index in [-0.39, 0.29) is 6.54 Å². The van der Waals surface area contributed by atoms with Crippen LogP contribution in [-0.2, 0) is 0 Å². The molecular formula is C18H22FN3O3. The minimum Gasteiger partial charge on any atom is -0.467 e. The van der Waals surface area contributed by atoms with Crippen LogP contribution in [0.2, 0.25) is 0 Å². The van der Waals surface area contributed by atoms with Crippen molar-refractivity contribution in [2.75, 3.05) is 29.9 Å². The minimum atomic E-state index is -0.935. The maximum absolute atomic E-state index is 13.6. The number of amides is 2. The van der Waals surface area contributed by atoms with Crippen molar-refractivity contribution in [3.05, 3.63) is 48.2 Å². The van der Waals surface area contributed by atoms with Gasteiger partial charge in [0, 0.05) is 13.1 Å². The van der Waals surface area contributed by atoms with E-state index in [1.807, 2.05) is 0 Å². The van der Waals surface area contributed by atoms with E-state index >= 15 is 0 Å². The standard InChI is InChI=1S/C18H22FN3O3/c19-13-6-7-15(22-8-2-1-3-9-22)14(11-13)21-18(24)20-12-16(23)17-5-4-10-25-17/h4-7,10-11,16,23H,1-3,8-9,12H2,(H2,20,21,24). The molecule has 1 unspecified atom stereocenters. The van der Waals surface area contributed by atoms with E-state index in [1.165, 1.54) is 24.8 Å². The molecule has 0 saturated carbocycles. The Kier molecular flexibility index (Phi) is 5.55. The summed E-state index contributed by atoms with van der Waals surface area (Å²) in [6, 6.07) is 7.19. The highest BCUT2D eigenvalue weighted by atomic mass is 19.1. The number of aliphatic hydroxyl groups is 1. The monoisotopic (exact) mass is 347 g/mol. The van der Waals surface area contributed by atoms with E-state index in [2.05, 4.69) is 15.5 Å². The molecule has 3 rings (SSSR count). The van der Waals surface area contributed by atoms with E-state index in [9.17, 15) is 14.3 Å². The number of rotatable bonds is 5. The third-order valence-electron chi connectivity index (χ3n) is 4.23. The van der Waals surface area contributed by atoms with Crippen molar-refractivity contribution >= 4 is 17.4 Å². The molecule has 1 fully saturated rings. The lowest BCUT2D eigenvalue weighted by Gasteiger charge is -2.30. The first kappa shape index (κ1) is 17.3. The summed E-state index contributed by atoms with van der Waals surface area (Å²) in [6.07, 6.45) is 3.87. The van der Waals surface area contributed by atoms with Crippen molar-refractivity contribution in [2.24, 2.45) is 0 Å². The average molecular weight is 347 g/mol. The van der Waals surface area contributed by atoms with Crippen LogP contribution >= 0.6 is 0 Å². The third kappa shape index (κ3) is 4.51. The predicted molar refractivity (Wildman–Crippen MR) is 93.2 cm³/mol. The van der Waals surface area contributed by atoms with E-state index < -0.39 is 18.0 Å². The molecule has 1 saturated heterocycles. The fraction of sp³-hybridized carbons (Fsp3) is 0.389. The molecule has 0 spiro atoms.